The van der Waals surface area contributed by atoms with Gasteiger partial charge in [-0.05, 0) is 36.5 Å². The third kappa shape index (κ3) is 6.15. The maximum absolute atomic E-state index is 13.4. The lowest BCUT2D eigenvalue weighted by atomic mass is 9.93. The zero-order valence-corrected chi connectivity index (χ0v) is 18.1. The molecule has 0 spiro atoms. The molecular formula is C22H34FN5O2. The molecule has 0 radical (unpaired) electrons. The quantitative estimate of drug-likeness (QED) is 0.542. The predicted octanol–water partition coefficient (Wildman–Crippen LogP) is 1.62. The van der Waals surface area contributed by atoms with Gasteiger partial charge in [-0.3, -0.25) is 14.7 Å². The number of likely N-dealkylation sites (tertiary alicyclic amines) is 1. The van der Waals surface area contributed by atoms with Crippen molar-refractivity contribution in [3.8, 4) is 0 Å². The van der Waals surface area contributed by atoms with Crippen molar-refractivity contribution in [2.45, 2.75) is 25.3 Å². The number of morpholine rings is 1. The van der Waals surface area contributed by atoms with Gasteiger partial charge in [0.1, 0.15) is 5.82 Å². The summed E-state index contributed by atoms with van der Waals surface area (Å²) >= 11 is 0. The van der Waals surface area contributed by atoms with E-state index < -0.39 is 0 Å². The third-order valence-electron chi connectivity index (χ3n) is 6.07. The van der Waals surface area contributed by atoms with Crippen LogP contribution in [0.3, 0.4) is 0 Å². The van der Waals surface area contributed by atoms with Crippen molar-refractivity contribution in [1.29, 1.82) is 0 Å². The predicted molar refractivity (Wildman–Crippen MR) is 116 cm³/mol. The monoisotopic (exact) mass is 419 g/mol. The molecule has 30 heavy (non-hydrogen) atoms. The van der Waals surface area contributed by atoms with E-state index in [1.165, 1.54) is 12.1 Å². The van der Waals surface area contributed by atoms with Crippen LogP contribution in [0.4, 0.5) is 4.39 Å². The molecule has 2 heterocycles. The maximum atomic E-state index is 13.4. The first-order chi connectivity index (χ1) is 14.6. The minimum Gasteiger partial charge on any atom is -0.379 e. The second-order valence-corrected chi connectivity index (χ2v) is 7.95. The Morgan fingerprint density at radius 2 is 1.87 bits per heavy atom. The molecule has 0 aliphatic carbocycles. The van der Waals surface area contributed by atoms with Gasteiger partial charge in [0.25, 0.3) is 0 Å². The molecule has 2 N–H and O–H groups in total. The fourth-order valence-corrected chi connectivity index (χ4v) is 4.27. The van der Waals surface area contributed by atoms with Crippen molar-refractivity contribution in [1.82, 2.24) is 20.4 Å². The lowest BCUT2D eigenvalue weighted by Crippen LogP contribution is -2.49. The summed E-state index contributed by atoms with van der Waals surface area (Å²) in [5.41, 5.74) is 1.09. The van der Waals surface area contributed by atoms with E-state index in [2.05, 4.69) is 25.4 Å². The van der Waals surface area contributed by atoms with Gasteiger partial charge in [0.15, 0.2) is 5.96 Å². The van der Waals surface area contributed by atoms with E-state index in [4.69, 9.17) is 4.74 Å². The Bertz CT molecular complexity index is 698. The number of piperidine rings is 1. The van der Waals surface area contributed by atoms with Crippen molar-refractivity contribution in [3.05, 3.63) is 35.6 Å². The van der Waals surface area contributed by atoms with E-state index in [-0.39, 0.29) is 17.8 Å². The van der Waals surface area contributed by atoms with Gasteiger partial charge in [0, 0.05) is 53.2 Å². The number of rotatable bonds is 6. The Labute approximate surface area is 178 Å². The van der Waals surface area contributed by atoms with Crippen LogP contribution in [0.15, 0.2) is 29.3 Å². The van der Waals surface area contributed by atoms with E-state index in [9.17, 15) is 9.18 Å². The summed E-state index contributed by atoms with van der Waals surface area (Å²) in [4.78, 5) is 20.8. The molecule has 0 aromatic heterocycles. The maximum Gasteiger partial charge on any atom is 0.220 e. The van der Waals surface area contributed by atoms with Crippen LogP contribution in [-0.2, 0) is 9.53 Å². The molecule has 1 aromatic carbocycles. The highest BCUT2D eigenvalue weighted by Crippen LogP contribution is 2.23. The van der Waals surface area contributed by atoms with Crippen LogP contribution in [0.25, 0.3) is 0 Å². The number of hydrogen-bond acceptors (Lipinski definition) is 4. The molecule has 7 nitrogen and oxygen atoms in total. The van der Waals surface area contributed by atoms with Crippen LogP contribution >= 0.6 is 0 Å². The molecule has 2 aliphatic rings. The zero-order chi connectivity index (χ0) is 21.3. The van der Waals surface area contributed by atoms with Gasteiger partial charge < -0.3 is 20.3 Å². The third-order valence-corrected chi connectivity index (χ3v) is 6.07. The number of aliphatic imine (C=N–C) groups is 1. The first-order valence-corrected chi connectivity index (χ1v) is 10.8. The molecular weight excluding hydrogens is 385 g/mol. The highest BCUT2D eigenvalue weighted by Gasteiger charge is 2.26. The minimum absolute atomic E-state index is 0.114. The SMILES string of the molecule is CN=C(NCC(c1ccc(F)cc1)N1CCOCC1)N1CCC(CC(=O)NC)CC1. The molecule has 0 bridgehead atoms. The number of ether oxygens (including phenoxy) is 1. The fourth-order valence-electron chi connectivity index (χ4n) is 4.27. The van der Waals surface area contributed by atoms with Gasteiger partial charge in [0.2, 0.25) is 5.91 Å². The molecule has 8 heteroatoms. The summed E-state index contributed by atoms with van der Waals surface area (Å²) < 4.78 is 18.9. The summed E-state index contributed by atoms with van der Waals surface area (Å²) in [7, 11) is 3.50. The molecule has 1 unspecified atom stereocenters. The van der Waals surface area contributed by atoms with Crippen LogP contribution in [0.1, 0.15) is 30.9 Å². The van der Waals surface area contributed by atoms with Crippen molar-refractivity contribution in [3.63, 3.8) is 0 Å². The summed E-state index contributed by atoms with van der Waals surface area (Å²) in [5, 5.41) is 6.25. The number of hydrogen-bond donors (Lipinski definition) is 2. The highest BCUT2D eigenvalue weighted by atomic mass is 19.1. The van der Waals surface area contributed by atoms with E-state index in [1.807, 2.05) is 12.1 Å². The van der Waals surface area contributed by atoms with Crippen LogP contribution in [0.2, 0.25) is 0 Å². The van der Waals surface area contributed by atoms with Crippen LogP contribution in [0, 0.1) is 11.7 Å². The Balaban J connectivity index is 1.59. The minimum atomic E-state index is -0.220. The summed E-state index contributed by atoms with van der Waals surface area (Å²) in [6, 6.07) is 6.90. The lowest BCUT2D eigenvalue weighted by molar-refractivity contribution is -0.121. The fraction of sp³-hybridized carbons (Fsp3) is 0.636. The van der Waals surface area contributed by atoms with Gasteiger partial charge in [0.05, 0.1) is 19.3 Å². The molecule has 3 rings (SSSR count). The molecule has 166 valence electrons. The van der Waals surface area contributed by atoms with Crippen molar-refractivity contribution >= 4 is 11.9 Å². The number of guanidine groups is 1. The molecule has 2 aliphatic heterocycles. The van der Waals surface area contributed by atoms with Crippen LogP contribution < -0.4 is 10.6 Å². The summed E-state index contributed by atoms with van der Waals surface area (Å²) in [6.07, 6.45) is 2.57. The summed E-state index contributed by atoms with van der Waals surface area (Å²) in [5.74, 6) is 1.21. The smallest absolute Gasteiger partial charge is 0.220 e. The van der Waals surface area contributed by atoms with Crippen LogP contribution in [0.5, 0.6) is 0 Å². The topological polar surface area (TPSA) is 69.2 Å². The second-order valence-electron chi connectivity index (χ2n) is 7.95. The molecule has 1 amide bonds. The normalized spacial score (nSPS) is 20.1. The van der Waals surface area contributed by atoms with E-state index in [0.29, 0.717) is 32.1 Å². The number of benzene rings is 1. The average molecular weight is 420 g/mol. The van der Waals surface area contributed by atoms with Gasteiger partial charge in [-0.2, -0.15) is 0 Å². The number of nitrogens with zero attached hydrogens (tertiary/aromatic N) is 3. The Morgan fingerprint density at radius 1 is 1.20 bits per heavy atom. The van der Waals surface area contributed by atoms with Gasteiger partial charge in [-0.15, -0.1) is 0 Å². The lowest BCUT2D eigenvalue weighted by Gasteiger charge is -2.37. The molecule has 2 fully saturated rings. The van der Waals surface area contributed by atoms with E-state index >= 15 is 0 Å². The first-order valence-electron chi connectivity index (χ1n) is 10.8. The molecule has 1 aromatic rings. The number of nitrogens with one attached hydrogen (secondary N) is 2. The Morgan fingerprint density at radius 3 is 2.47 bits per heavy atom. The number of carbonyl (C=O) groups excluding carboxylic acids is 1. The standard InChI is InChI=1S/C22H34FN5O2/c1-24-21(29)15-17-7-9-28(10-8-17)22(25-2)26-16-20(27-11-13-30-14-12-27)18-3-5-19(23)6-4-18/h3-6,17,20H,7-16H2,1-2H3,(H,24,29)(H,25,26). The molecule has 2 saturated heterocycles. The molecule has 1 atom stereocenters. The van der Waals surface area contributed by atoms with Crippen molar-refractivity contribution < 1.29 is 13.9 Å². The first kappa shape index (κ1) is 22.5. The number of carbonyl (C=O) groups is 1. The van der Waals surface area contributed by atoms with E-state index in [0.717, 1.165) is 50.5 Å². The Hall–Kier alpha value is -2.19. The molecule has 0 saturated carbocycles. The average Bonchev–Trinajstić information content (AvgIpc) is 2.79. The van der Waals surface area contributed by atoms with Crippen molar-refractivity contribution in [2.75, 3.05) is 60.0 Å². The van der Waals surface area contributed by atoms with Crippen molar-refractivity contribution in [2.24, 2.45) is 10.9 Å². The number of amides is 1. The van der Waals surface area contributed by atoms with Gasteiger partial charge in [-0.1, -0.05) is 12.1 Å². The largest absolute Gasteiger partial charge is 0.379 e. The number of halogens is 1. The van der Waals surface area contributed by atoms with Crippen LogP contribution in [-0.4, -0.2) is 81.7 Å². The second kappa shape index (κ2) is 11.3. The highest BCUT2D eigenvalue weighted by molar-refractivity contribution is 5.80. The zero-order valence-electron chi connectivity index (χ0n) is 18.1. The van der Waals surface area contributed by atoms with Gasteiger partial charge >= 0.3 is 0 Å². The Kier molecular flexibility index (Phi) is 8.45. The summed E-state index contributed by atoms with van der Waals surface area (Å²) in [6.45, 7) is 5.60. The van der Waals surface area contributed by atoms with E-state index in [1.54, 1.807) is 14.1 Å². The van der Waals surface area contributed by atoms with Gasteiger partial charge in [-0.25, -0.2) is 4.39 Å².